The summed E-state index contributed by atoms with van der Waals surface area (Å²) in [5.74, 6) is 0.771. The highest BCUT2D eigenvalue weighted by Crippen LogP contribution is 2.29. The first-order valence-electron chi connectivity index (χ1n) is 8.46. The molecule has 0 saturated carbocycles. The number of nitrogens with zero attached hydrogens (tertiary/aromatic N) is 1. The summed E-state index contributed by atoms with van der Waals surface area (Å²) < 4.78 is 5.34. The van der Waals surface area contributed by atoms with Crippen molar-refractivity contribution in [2.45, 2.75) is 26.7 Å². The Labute approximate surface area is 161 Å². The maximum atomic E-state index is 12.2. The molecule has 0 spiro atoms. The molecular formula is C20H22N2O2S2. The van der Waals surface area contributed by atoms with E-state index in [9.17, 15) is 4.79 Å². The molecule has 2 heterocycles. The van der Waals surface area contributed by atoms with Gasteiger partial charge >= 0.3 is 0 Å². The molecule has 0 aliphatic carbocycles. The Hall–Kier alpha value is -2.18. The zero-order valence-corrected chi connectivity index (χ0v) is 16.8. The molecule has 136 valence electrons. The summed E-state index contributed by atoms with van der Waals surface area (Å²) in [4.78, 5) is 19.2. The SMILES string of the molecule is COc1ccc(C)cc1CC(=O)NCCc1ccc(-c2csc(C)n2)s1. The Morgan fingerprint density at radius 2 is 2.08 bits per heavy atom. The fraction of sp³-hybridized carbons (Fsp3) is 0.300. The van der Waals surface area contributed by atoms with Crippen LogP contribution in [0.1, 0.15) is 21.0 Å². The molecule has 0 bridgehead atoms. The van der Waals surface area contributed by atoms with Crippen LogP contribution in [0.5, 0.6) is 5.75 Å². The zero-order chi connectivity index (χ0) is 18.5. The van der Waals surface area contributed by atoms with E-state index >= 15 is 0 Å². The van der Waals surface area contributed by atoms with Crippen LogP contribution >= 0.6 is 22.7 Å². The molecule has 3 rings (SSSR count). The number of amides is 1. The lowest BCUT2D eigenvalue weighted by molar-refractivity contribution is -0.120. The predicted octanol–water partition coefficient (Wildman–Crippen LogP) is 4.40. The lowest BCUT2D eigenvalue weighted by Crippen LogP contribution is -2.27. The van der Waals surface area contributed by atoms with Crippen molar-refractivity contribution < 1.29 is 9.53 Å². The molecule has 26 heavy (non-hydrogen) atoms. The van der Waals surface area contributed by atoms with Gasteiger partial charge in [-0.2, -0.15) is 0 Å². The van der Waals surface area contributed by atoms with E-state index in [1.807, 2.05) is 32.0 Å². The standard InChI is InChI=1S/C20H22N2O2S2/c1-13-4-6-18(24-3)15(10-13)11-20(23)21-9-8-16-5-7-19(26-16)17-12-25-14(2)22-17/h4-7,10,12H,8-9,11H2,1-3H3,(H,21,23). The topological polar surface area (TPSA) is 51.2 Å². The smallest absolute Gasteiger partial charge is 0.224 e. The lowest BCUT2D eigenvalue weighted by atomic mass is 10.1. The number of methoxy groups -OCH3 is 1. The summed E-state index contributed by atoms with van der Waals surface area (Å²) in [6.45, 7) is 4.66. The number of hydrogen-bond acceptors (Lipinski definition) is 5. The van der Waals surface area contributed by atoms with Gasteiger partial charge in [0.2, 0.25) is 5.91 Å². The minimum Gasteiger partial charge on any atom is -0.496 e. The van der Waals surface area contributed by atoms with E-state index in [-0.39, 0.29) is 5.91 Å². The van der Waals surface area contributed by atoms with Crippen molar-refractivity contribution in [3.05, 3.63) is 56.7 Å². The molecule has 2 aromatic heterocycles. The Kier molecular flexibility index (Phi) is 6.06. The molecule has 0 saturated heterocycles. The van der Waals surface area contributed by atoms with Gasteiger partial charge in [0.1, 0.15) is 5.75 Å². The molecule has 3 aromatic rings. The fourth-order valence-corrected chi connectivity index (χ4v) is 4.39. The first-order valence-corrected chi connectivity index (χ1v) is 10.2. The van der Waals surface area contributed by atoms with Gasteiger partial charge in [0, 0.05) is 22.4 Å². The molecule has 0 radical (unpaired) electrons. The molecule has 0 atom stereocenters. The molecule has 0 fully saturated rings. The second-order valence-corrected chi connectivity index (χ2v) is 8.34. The number of carbonyl (C=O) groups is 1. The molecule has 0 aliphatic rings. The summed E-state index contributed by atoms with van der Waals surface area (Å²) in [6, 6.07) is 10.1. The first kappa shape index (κ1) is 18.6. The number of ether oxygens (including phenoxy) is 1. The highest BCUT2D eigenvalue weighted by molar-refractivity contribution is 7.16. The van der Waals surface area contributed by atoms with Crippen molar-refractivity contribution in [1.82, 2.24) is 10.3 Å². The minimum atomic E-state index is 0.0146. The Balaban J connectivity index is 1.51. The maximum Gasteiger partial charge on any atom is 0.224 e. The van der Waals surface area contributed by atoms with Crippen molar-refractivity contribution >= 4 is 28.6 Å². The predicted molar refractivity (Wildman–Crippen MR) is 108 cm³/mol. The van der Waals surface area contributed by atoms with E-state index in [0.717, 1.165) is 34.0 Å². The van der Waals surface area contributed by atoms with Crippen molar-refractivity contribution in [2.75, 3.05) is 13.7 Å². The van der Waals surface area contributed by atoms with E-state index in [1.54, 1.807) is 29.8 Å². The van der Waals surface area contributed by atoms with Crippen LogP contribution in [0, 0.1) is 13.8 Å². The average molecular weight is 387 g/mol. The van der Waals surface area contributed by atoms with Crippen LogP contribution in [0.15, 0.2) is 35.7 Å². The minimum absolute atomic E-state index is 0.0146. The molecule has 6 heteroatoms. The van der Waals surface area contributed by atoms with Crippen LogP contribution in [0.2, 0.25) is 0 Å². The van der Waals surface area contributed by atoms with Crippen molar-refractivity contribution in [3.63, 3.8) is 0 Å². The molecule has 1 amide bonds. The highest BCUT2D eigenvalue weighted by Gasteiger charge is 2.10. The molecule has 0 aliphatic heterocycles. The third-order valence-corrected chi connectivity index (χ3v) is 5.95. The van der Waals surface area contributed by atoms with Crippen molar-refractivity contribution in [3.8, 4) is 16.3 Å². The number of aromatic nitrogens is 1. The summed E-state index contributed by atoms with van der Waals surface area (Å²) >= 11 is 3.40. The molecule has 1 aromatic carbocycles. The number of rotatable bonds is 7. The summed E-state index contributed by atoms with van der Waals surface area (Å²) in [7, 11) is 1.63. The molecule has 0 unspecified atom stereocenters. The molecule has 1 N–H and O–H groups in total. The van der Waals surface area contributed by atoms with Crippen LogP contribution in [-0.2, 0) is 17.6 Å². The van der Waals surface area contributed by atoms with Gasteiger partial charge in [-0.15, -0.1) is 22.7 Å². The number of thiazole rings is 1. The van der Waals surface area contributed by atoms with E-state index in [1.165, 1.54) is 9.75 Å². The van der Waals surface area contributed by atoms with E-state index in [2.05, 4.69) is 27.8 Å². The number of carbonyl (C=O) groups excluding carboxylic acids is 1. The fourth-order valence-electron chi connectivity index (χ4n) is 2.73. The third-order valence-electron chi connectivity index (χ3n) is 4.01. The Bertz CT molecular complexity index is 899. The van der Waals surface area contributed by atoms with Gasteiger partial charge < -0.3 is 10.1 Å². The lowest BCUT2D eigenvalue weighted by Gasteiger charge is -2.10. The number of aryl methyl sites for hydroxylation is 2. The van der Waals surface area contributed by atoms with Gasteiger partial charge in [-0.3, -0.25) is 4.79 Å². The maximum absolute atomic E-state index is 12.2. The van der Waals surface area contributed by atoms with E-state index in [0.29, 0.717) is 13.0 Å². The molecule has 4 nitrogen and oxygen atoms in total. The van der Waals surface area contributed by atoms with Gasteiger partial charge in [0.05, 0.1) is 29.1 Å². The number of nitrogens with one attached hydrogen (secondary N) is 1. The molecular weight excluding hydrogens is 364 g/mol. The van der Waals surface area contributed by atoms with Crippen LogP contribution in [-0.4, -0.2) is 24.5 Å². The Morgan fingerprint density at radius 1 is 1.23 bits per heavy atom. The van der Waals surface area contributed by atoms with Gasteiger partial charge in [-0.25, -0.2) is 4.98 Å². The van der Waals surface area contributed by atoms with Crippen molar-refractivity contribution in [1.29, 1.82) is 0 Å². The van der Waals surface area contributed by atoms with Gasteiger partial charge in [0.15, 0.2) is 0 Å². The van der Waals surface area contributed by atoms with E-state index in [4.69, 9.17) is 4.74 Å². The van der Waals surface area contributed by atoms with Gasteiger partial charge in [-0.05, 0) is 38.5 Å². The highest BCUT2D eigenvalue weighted by atomic mass is 32.1. The summed E-state index contributed by atoms with van der Waals surface area (Å²) in [6.07, 6.45) is 1.16. The van der Waals surface area contributed by atoms with Gasteiger partial charge in [-0.1, -0.05) is 17.7 Å². The zero-order valence-electron chi connectivity index (χ0n) is 15.2. The normalized spacial score (nSPS) is 10.7. The van der Waals surface area contributed by atoms with Crippen LogP contribution in [0.3, 0.4) is 0 Å². The average Bonchev–Trinajstić information content (AvgIpc) is 3.24. The third kappa shape index (κ3) is 4.71. The van der Waals surface area contributed by atoms with Crippen LogP contribution in [0.4, 0.5) is 0 Å². The van der Waals surface area contributed by atoms with Crippen LogP contribution in [0.25, 0.3) is 10.6 Å². The summed E-state index contributed by atoms with van der Waals surface area (Å²) in [5, 5.41) is 6.17. The first-order chi connectivity index (χ1) is 12.5. The van der Waals surface area contributed by atoms with Crippen molar-refractivity contribution in [2.24, 2.45) is 0 Å². The number of benzene rings is 1. The second kappa shape index (κ2) is 8.47. The monoisotopic (exact) mass is 386 g/mol. The van der Waals surface area contributed by atoms with Gasteiger partial charge in [0.25, 0.3) is 0 Å². The largest absolute Gasteiger partial charge is 0.496 e. The number of hydrogen-bond donors (Lipinski definition) is 1. The van der Waals surface area contributed by atoms with Crippen LogP contribution < -0.4 is 10.1 Å². The second-order valence-electron chi connectivity index (χ2n) is 6.11. The number of thiophene rings is 1. The quantitative estimate of drug-likeness (QED) is 0.655. The summed E-state index contributed by atoms with van der Waals surface area (Å²) in [5.41, 5.74) is 3.08. The van der Waals surface area contributed by atoms with E-state index < -0.39 is 0 Å². The Morgan fingerprint density at radius 3 is 2.81 bits per heavy atom.